The third-order valence-corrected chi connectivity index (χ3v) is 4.65. The smallest absolute Gasteiger partial charge is 0.218 e. The molecular formula is C19H24BrN3O. The largest absolute Gasteiger partial charge is 0.473 e. The second-order valence-electron chi connectivity index (χ2n) is 6.15. The van der Waals surface area contributed by atoms with Gasteiger partial charge in [-0.2, -0.15) is 0 Å². The van der Waals surface area contributed by atoms with Gasteiger partial charge in [-0.3, -0.25) is 4.90 Å². The van der Waals surface area contributed by atoms with Crippen molar-refractivity contribution in [3.05, 3.63) is 58.2 Å². The first-order valence-corrected chi connectivity index (χ1v) is 9.32. The molecule has 1 saturated heterocycles. The molecule has 4 nitrogen and oxygen atoms in total. The molecule has 0 saturated carbocycles. The number of halogens is 1. The van der Waals surface area contributed by atoms with Crippen molar-refractivity contribution in [2.45, 2.75) is 32.5 Å². The highest BCUT2D eigenvalue weighted by Gasteiger charge is 2.25. The minimum Gasteiger partial charge on any atom is -0.473 e. The van der Waals surface area contributed by atoms with Crippen molar-refractivity contribution in [1.29, 1.82) is 0 Å². The number of aromatic nitrogens is 1. The fourth-order valence-electron chi connectivity index (χ4n) is 3.00. The first-order valence-electron chi connectivity index (χ1n) is 8.52. The molecule has 1 aromatic carbocycles. The van der Waals surface area contributed by atoms with Crippen LogP contribution in [0.3, 0.4) is 0 Å². The zero-order chi connectivity index (χ0) is 16.8. The number of hydrogen-bond acceptors (Lipinski definition) is 4. The summed E-state index contributed by atoms with van der Waals surface area (Å²) < 4.78 is 7.20. The van der Waals surface area contributed by atoms with E-state index in [0.717, 1.165) is 55.1 Å². The molecule has 1 fully saturated rings. The van der Waals surface area contributed by atoms with Crippen LogP contribution in [-0.4, -0.2) is 35.6 Å². The standard InChI is InChI=1S/C19H24BrN3O/c1-2-21-11-16-10-17(20)12-22-19(16)24-18-8-9-23(14-18)13-15-6-4-3-5-7-15/h3-7,10,12,18,21H,2,8-9,11,13-14H2,1H3. The number of nitrogens with one attached hydrogen (secondary N) is 1. The lowest BCUT2D eigenvalue weighted by atomic mass is 10.2. The highest BCUT2D eigenvalue weighted by Crippen LogP contribution is 2.24. The van der Waals surface area contributed by atoms with Gasteiger partial charge in [0.2, 0.25) is 5.88 Å². The summed E-state index contributed by atoms with van der Waals surface area (Å²) in [5, 5.41) is 3.35. The molecule has 5 heteroatoms. The van der Waals surface area contributed by atoms with Crippen molar-refractivity contribution in [3.63, 3.8) is 0 Å². The number of nitrogens with zero attached hydrogens (tertiary/aromatic N) is 2. The SMILES string of the molecule is CCNCc1cc(Br)cnc1OC1CCN(Cc2ccccc2)C1. The summed E-state index contributed by atoms with van der Waals surface area (Å²) in [5.41, 5.74) is 2.46. The van der Waals surface area contributed by atoms with Crippen molar-refractivity contribution in [1.82, 2.24) is 15.2 Å². The normalized spacial score (nSPS) is 18.0. The molecule has 2 heterocycles. The van der Waals surface area contributed by atoms with Gasteiger partial charge in [0, 0.05) is 42.4 Å². The van der Waals surface area contributed by atoms with Crippen LogP contribution in [0.2, 0.25) is 0 Å². The Kier molecular flexibility index (Phi) is 6.24. The van der Waals surface area contributed by atoms with E-state index in [1.807, 2.05) is 6.20 Å². The van der Waals surface area contributed by atoms with Gasteiger partial charge in [0.25, 0.3) is 0 Å². The maximum atomic E-state index is 6.21. The van der Waals surface area contributed by atoms with Crippen molar-refractivity contribution < 1.29 is 4.74 Å². The third kappa shape index (κ3) is 4.79. The lowest BCUT2D eigenvalue weighted by Gasteiger charge is -2.18. The Morgan fingerprint density at radius 2 is 2.17 bits per heavy atom. The van der Waals surface area contributed by atoms with Gasteiger partial charge in [0.1, 0.15) is 6.10 Å². The monoisotopic (exact) mass is 389 g/mol. The summed E-state index contributed by atoms with van der Waals surface area (Å²) in [5.74, 6) is 0.755. The lowest BCUT2D eigenvalue weighted by Crippen LogP contribution is -2.25. The van der Waals surface area contributed by atoms with Crippen LogP contribution in [-0.2, 0) is 13.1 Å². The van der Waals surface area contributed by atoms with E-state index in [1.165, 1.54) is 5.56 Å². The van der Waals surface area contributed by atoms with E-state index in [-0.39, 0.29) is 6.10 Å². The fourth-order valence-corrected chi connectivity index (χ4v) is 3.38. The van der Waals surface area contributed by atoms with Crippen LogP contribution < -0.4 is 10.1 Å². The van der Waals surface area contributed by atoms with Gasteiger partial charge in [-0.1, -0.05) is 37.3 Å². The zero-order valence-electron chi connectivity index (χ0n) is 14.0. The van der Waals surface area contributed by atoms with E-state index in [1.54, 1.807) is 0 Å². The second kappa shape index (κ2) is 8.60. The Hall–Kier alpha value is -1.43. The number of likely N-dealkylation sites (tertiary alicyclic amines) is 1. The van der Waals surface area contributed by atoms with Crippen molar-refractivity contribution in [2.75, 3.05) is 19.6 Å². The van der Waals surface area contributed by atoms with Crippen LogP contribution in [0.5, 0.6) is 5.88 Å². The first-order chi connectivity index (χ1) is 11.7. The van der Waals surface area contributed by atoms with Gasteiger partial charge in [-0.25, -0.2) is 4.98 Å². The van der Waals surface area contributed by atoms with Gasteiger partial charge in [0.15, 0.2) is 0 Å². The van der Waals surface area contributed by atoms with E-state index in [4.69, 9.17) is 4.74 Å². The lowest BCUT2D eigenvalue weighted by molar-refractivity contribution is 0.189. The number of hydrogen-bond donors (Lipinski definition) is 1. The van der Waals surface area contributed by atoms with E-state index in [9.17, 15) is 0 Å². The van der Waals surface area contributed by atoms with E-state index < -0.39 is 0 Å². The second-order valence-corrected chi connectivity index (χ2v) is 7.06. The molecule has 3 rings (SSSR count). The summed E-state index contributed by atoms with van der Waals surface area (Å²) in [6.07, 6.45) is 3.06. The summed E-state index contributed by atoms with van der Waals surface area (Å²) in [6.45, 7) is 6.81. The van der Waals surface area contributed by atoms with Crippen LogP contribution in [0.15, 0.2) is 47.1 Å². The molecule has 1 unspecified atom stereocenters. The van der Waals surface area contributed by atoms with Gasteiger partial charge in [0.05, 0.1) is 0 Å². The van der Waals surface area contributed by atoms with Crippen LogP contribution in [0, 0.1) is 0 Å². The molecule has 0 bridgehead atoms. The molecule has 2 aromatic rings. The molecular weight excluding hydrogens is 366 g/mol. The maximum Gasteiger partial charge on any atom is 0.218 e. The van der Waals surface area contributed by atoms with Crippen LogP contribution >= 0.6 is 15.9 Å². The first kappa shape index (κ1) is 17.4. The predicted octanol–water partition coefficient (Wildman–Crippen LogP) is 3.61. The average molecular weight is 390 g/mol. The Labute approximate surface area is 152 Å². The van der Waals surface area contributed by atoms with E-state index in [0.29, 0.717) is 0 Å². The molecule has 1 atom stereocenters. The summed E-state index contributed by atoms with van der Waals surface area (Å²) in [4.78, 5) is 6.92. The van der Waals surface area contributed by atoms with Gasteiger partial charge >= 0.3 is 0 Å². The van der Waals surface area contributed by atoms with Crippen LogP contribution in [0.1, 0.15) is 24.5 Å². The third-order valence-electron chi connectivity index (χ3n) is 4.21. The maximum absolute atomic E-state index is 6.21. The molecule has 0 spiro atoms. The topological polar surface area (TPSA) is 37.4 Å². The summed E-state index contributed by atoms with van der Waals surface area (Å²) in [7, 11) is 0. The number of pyridine rings is 1. The van der Waals surface area contributed by atoms with E-state index >= 15 is 0 Å². The molecule has 0 radical (unpaired) electrons. The molecule has 24 heavy (non-hydrogen) atoms. The molecule has 128 valence electrons. The fraction of sp³-hybridized carbons (Fsp3) is 0.421. The highest BCUT2D eigenvalue weighted by molar-refractivity contribution is 9.10. The van der Waals surface area contributed by atoms with Gasteiger partial charge in [-0.15, -0.1) is 0 Å². The number of benzene rings is 1. The average Bonchev–Trinajstić information content (AvgIpc) is 3.03. The van der Waals surface area contributed by atoms with Crippen LogP contribution in [0.4, 0.5) is 0 Å². The minimum atomic E-state index is 0.211. The molecule has 1 aliphatic heterocycles. The highest BCUT2D eigenvalue weighted by atomic mass is 79.9. The quantitative estimate of drug-likeness (QED) is 0.784. The van der Waals surface area contributed by atoms with Crippen LogP contribution in [0.25, 0.3) is 0 Å². The minimum absolute atomic E-state index is 0.211. The number of rotatable bonds is 7. The molecule has 1 aliphatic rings. The zero-order valence-corrected chi connectivity index (χ0v) is 15.6. The number of ether oxygens (including phenoxy) is 1. The van der Waals surface area contributed by atoms with E-state index in [2.05, 4.69) is 74.5 Å². The molecule has 1 N–H and O–H groups in total. The molecule has 0 amide bonds. The van der Waals surface area contributed by atoms with Gasteiger partial charge < -0.3 is 10.1 Å². The molecule has 0 aliphatic carbocycles. The van der Waals surface area contributed by atoms with Crippen molar-refractivity contribution in [2.24, 2.45) is 0 Å². The Morgan fingerprint density at radius 1 is 1.33 bits per heavy atom. The predicted molar refractivity (Wildman–Crippen MR) is 100 cm³/mol. The summed E-state index contributed by atoms with van der Waals surface area (Å²) >= 11 is 3.49. The van der Waals surface area contributed by atoms with Crippen molar-refractivity contribution >= 4 is 15.9 Å². The Balaban J connectivity index is 1.59. The molecule has 1 aromatic heterocycles. The Morgan fingerprint density at radius 3 is 2.96 bits per heavy atom. The van der Waals surface area contributed by atoms with Gasteiger partial charge in [-0.05, 0) is 40.5 Å². The van der Waals surface area contributed by atoms with Crippen molar-refractivity contribution in [3.8, 4) is 5.88 Å². The Bertz CT molecular complexity index is 650. The summed E-state index contributed by atoms with van der Waals surface area (Å²) in [6, 6.07) is 12.7.